The van der Waals surface area contributed by atoms with Gasteiger partial charge in [-0.15, -0.1) is 0 Å². The van der Waals surface area contributed by atoms with Crippen molar-refractivity contribution in [3.63, 3.8) is 0 Å². The number of hydrogen-bond acceptors (Lipinski definition) is 7. The van der Waals surface area contributed by atoms with Crippen LogP contribution in [0, 0.1) is 0 Å². The summed E-state index contributed by atoms with van der Waals surface area (Å²) in [7, 11) is -11.4. The van der Waals surface area contributed by atoms with Crippen LogP contribution in [0.1, 0.15) is 0 Å². The summed E-state index contributed by atoms with van der Waals surface area (Å²) in [6.07, 6.45) is 0. The van der Waals surface area contributed by atoms with Gasteiger partial charge in [0.2, 0.25) is 0 Å². The molecular formula is H4O9P2Zn2. The Kier molecular flexibility index (Phi) is 22.4. The molecule has 13 heteroatoms. The van der Waals surface area contributed by atoms with Gasteiger partial charge in [-0.25, -0.2) is 0 Å². The monoisotopic (exact) mass is 338 g/mol. The van der Waals surface area contributed by atoms with E-state index >= 15 is 0 Å². The van der Waals surface area contributed by atoms with Gasteiger partial charge in [0.1, 0.15) is 0 Å². The van der Waals surface area contributed by atoms with Crippen LogP contribution in [0.25, 0.3) is 0 Å². The molecule has 0 bridgehead atoms. The molecular weight excluding hydrogens is 337 g/mol. The maximum absolute atomic E-state index is 9.32. The summed E-state index contributed by atoms with van der Waals surface area (Å²) in [5.41, 5.74) is 0. The maximum atomic E-state index is 9.32. The van der Waals surface area contributed by atoms with E-state index in [0.717, 1.165) is 0 Å². The van der Waals surface area contributed by atoms with Gasteiger partial charge in [-0.3, -0.25) is 0 Å². The second kappa shape index (κ2) is 9.96. The van der Waals surface area contributed by atoms with Crippen LogP contribution in [-0.4, -0.2) is 11.0 Å². The molecule has 0 aliphatic carbocycles. The number of hydrogen-bond donors (Lipinski definition) is 0. The molecule has 0 aromatic carbocycles. The number of rotatable bonds is 2. The molecule has 0 unspecified atom stereocenters. The number of phosphoric acid groups is 2. The van der Waals surface area contributed by atoms with Gasteiger partial charge in [-0.1, -0.05) is 0 Å². The molecule has 13 heavy (non-hydrogen) atoms. The molecule has 0 aromatic rings. The molecule has 9 nitrogen and oxygen atoms in total. The van der Waals surface area contributed by atoms with Gasteiger partial charge in [-0.2, -0.15) is 0 Å². The zero-order valence-corrected chi connectivity index (χ0v) is 13.9. The zero-order valence-electron chi connectivity index (χ0n) is 6.17. The molecule has 0 saturated heterocycles. The molecule has 0 radical (unpaired) electrons. The van der Waals surface area contributed by atoms with Gasteiger partial charge >= 0.3 is 39.0 Å². The van der Waals surface area contributed by atoms with E-state index in [2.05, 4.69) is 4.31 Å². The standard InChI is InChI=1S/H4O7P2.2H2O.2Zn/c1-8(2,3)7-9(4,5)6;;;;/h(H2,1,2,3)(H2,4,5,6);2*1H2;;/q;;;2*+2/p-4. The van der Waals surface area contributed by atoms with Gasteiger partial charge in [-0.05, 0) is 0 Å². The SMILES string of the molecule is O.O.O=P([O-])([O-])OP(=O)([O-])[O-].[Zn+2].[Zn+2]. The Bertz CT molecular complexity index is 156. The smallest absolute Gasteiger partial charge is 0.790 e. The summed E-state index contributed by atoms with van der Waals surface area (Å²) in [5.74, 6) is 0. The van der Waals surface area contributed by atoms with Crippen LogP contribution < -0.4 is 19.6 Å². The average molecular weight is 341 g/mol. The first-order valence-corrected chi connectivity index (χ1v) is 4.38. The molecule has 0 atom stereocenters. The fraction of sp³-hybridized carbons (Fsp3) is 0. The minimum Gasteiger partial charge on any atom is -0.790 e. The van der Waals surface area contributed by atoms with E-state index in [9.17, 15) is 28.7 Å². The van der Waals surface area contributed by atoms with Crippen molar-refractivity contribution in [2.24, 2.45) is 0 Å². The molecule has 0 amide bonds. The Labute approximate surface area is 98.5 Å². The Balaban J connectivity index is -0.0000000533. The topological polar surface area (TPSA) is 199 Å². The maximum Gasteiger partial charge on any atom is 2.00 e. The first-order valence-electron chi connectivity index (χ1n) is 1.46. The van der Waals surface area contributed by atoms with Gasteiger partial charge in [0, 0.05) is 0 Å². The minimum absolute atomic E-state index is 0. The van der Waals surface area contributed by atoms with Crippen molar-refractivity contribution in [3.05, 3.63) is 0 Å². The fourth-order valence-corrected chi connectivity index (χ4v) is 1.10. The molecule has 0 spiro atoms. The second-order valence-corrected chi connectivity index (χ2v) is 3.42. The predicted octanol–water partition coefficient (Wildman–Crippen LogP) is -4.99. The van der Waals surface area contributed by atoms with Gasteiger partial charge < -0.3 is 44.0 Å². The Morgan fingerprint density at radius 2 is 0.923 bits per heavy atom. The van der Waals surface area contributed by atoms with Crippen molar-refractivity contribution in [1.82, 2.24) is 0 Å². The summed E-state index contributed by atoms with van der Waals surface area (Å²) >= 11 is 0. The van der Waals surface area contributed by atoms with Crippen molar-refractivity contribution >= 4 is 15.6 Å². The van der Waals surface area contributed by atoms with E-state index in [1.807, 2.05) is 0 Å². The minimum atomic E-state index is -5.68. The van der Waals surface area contributed by atoms with Crippen LogP contribution in [0.3, 0.4) is 0 Å². The fourth-order valence-electron chi connectivity index (χ4n) is 0.122. The summed E-state index contributed by atoms with van der Waals surface area (Å²) in [4.78, 5) is 37.3. The van der Waals surface area contributed by atoms with Crippen LogP contribution in [0.5, 0.6) is 0 Å². The molecule has 0 fully saturated rings. The van der Waals surface area contributed by atoms with E-state index in [1.54, 1.807) is 0 Å². The largest absolute Gasteiger partial charge is 2.00 e. The van der Waals surface area contributed by atoms with E-state index < -0.39 is 15.6 Å². The van der Waals surface area contributed by atoms with E-state index in [0.29, 0.717) is 0 Å². The van der Waals surface area contributed by atoms with E-state index in [-0.39, 0.29) is 49.9 Å². The third kappa shape index (κ3) is 31.8. The Morgan fingerprint density at radius 1 is 0.769 bits per heavy atom. The molecule has 4 N–H and O–H groups in total. The molecule has 0 rings (SSSR count). The Morgan fingerprint density at radius 3 is 0.923 bits per heavy atom. The van der Waals surface area contributed by atoms with Crippen LogP contribution >= 0.6 is 15.6 Å². The molecule has 0 aliphatic heterocycles. The van der Waals surface area contributed by atoms with Crippen molar-refractivity contribution in [3.8, 4) is 0 Å². The van der Waals surface area contributed by atoms with E-state index in [1.165, 1.54) is 0 Å². The summed E-state index contributed by atoms with van der Waals surface area (Å²) in [5, 5.41) is 0. The molecule has 0 aromatic heterocycles. The third-order valence-electron chi connectivity index (χ3n) is 0.200. The van der Waals surface area contributed by atoms with Crippen molar-refractivity contribution in [2.75, 3.05) is 0 Å². The normalized spacial score (nSPS) is 9.54. The van der Waals surface area contributed by atoms with Crippen molar-refractivity contribution in [1.29, 1.82) is 0 Å². The molecule has 0 aliphatic rings. The average Bonchev–Trinajstić information content (AvgIpc) is 1.14. The zero-order chi connectivity index (χ0) is 7.71. The van der Waals surface area contributed by atoms with E-state index in [4.69, 9.17) is 0 Å². The summed E-state index contributed by atoms with van der Waals surface area (Å²) in [6, 6.07) is 0. The van der Waals surface area contributed by atoms with Gasteiger partial charge in [0.05, 0.1) is 15.6 Å². The summed E-state index contributed by atoms with van der Waals surface area (Å²) < 4.78 is 21.2. The van der Waals surface area contributed by atoms with Crippen LogP contribution in [-0.2, 0) is 52.4 Å². The third-order valence-corrected chi connectivity index (χ3v) is 1.80. The first kappa shape index (κ1) is 29.3. The van der Waals surface area contributed by atoms with Crippen LogP contribution in [0.4, 0.5) is 0 Å². The first-order chi connectivity index (χ1) is 3.71. The molecule has 72 valence electrons. The summed E-state index contributed by atoms with van der Waals surface area (Å²) in [6.45, 7) is 0. The predicted molar refractivity (Wildman–Crippen MR) is 23.5 cm³/mol. The van der Waals surface area contributed by atoms with Crippen LogP contribution in [0.2, 0.25) is 0 Å². The van der Waals surface area contributed by atoms with Crippen molar-refractivity contribution < 1.29 is 82.9 Å². The van der Waals surface area contributed by atoms with Crippen LogP contribution in [0.15, 0.2) is 0 Å². The quantitative estimate of drug-likeness (QED) is 0.353. The van der Waals surface area contributed by atoms with Gasteiger partial charge in [0.25, 0.3) is 0 Å². The second-order valence-electron chi connectivity index (χ2n) is 0.976. The Hall–Kier alpha value is 1.43. The van der Waals surface area contributed by atoms with Crippen molar-refractivity contribution in [2.45, 2.75) is 0 Å². The molecule has 0 saturated carbocycles. The van der Waals surface area contributed by atoms with Gasteiger partial charge in [0.15, 0.2) is 0 Å². The molecule has 0 heterocycles.